The zero-order chi connectivity index (χ0) is 21.6. The monoisotopic (exact) mass is 418 g/mol. The number of hydrogen-bond donors (Lipinski definition) is 2. The highest BCUT2D eigenvalue weighted by atomic mass is 16.2. The summed E-state index contributed by atoms with van der Waals surface area (Å²) in [5.41, 5.74) is 3.26. The maximum atomic E-state index is 13.1. The minimum Gasteiger partial charge on any atom is -0.350 e. The van der Waals surface area contributed by atoms with Gasteiger partial charge >= 0.3 is 5.69 Å². The summed E-state index contributed by atoms with van der Waals surface area (Å²) in [6.45, 7) is 0.132. The average Bonchev–Trinajstić information content (AvgIpc) is 3.09. The highest BCUT2D eigenvalue weighted by Gasteiger charge is 2.18. The summed E-state index contributed by atoms with van der Waals surface area (Å²) in [5, 5.41) is 5.39. The van der Waals surface area contributed by atoms with Gasteiger partial charge in [-0.2, -0.15) is 0 Å². The Morgan fingerprint density at radius 2 is 1.61 bits per heavy atom. The van der Waals surface area contributed by atoms with Crippen molar-refractivity contribution in [2.24, 2.45) is 0 Å². The number of carbonyl (C=O) groups excluding carboxylic acids is 2. The third-order valence-corrected chi connectivity index (χ3v) is 5.47. The van der Waals surface area contributed by atoms with Gasteiger partial charge in [-0.05, 0) is 43.4 Å². The maximum absolute atomic E-state index is 13.1. The van der Waals surface area contributed by atoms with Crippen LogP contribution in [0, 0.1) is 0 Å². The molecule has 7 nitrogen and oxygen atoms in total. The van der Waals surface area contributed by atoms with Crippen LogP contribution in [0.1, 0.15) is 31.2 Å². The van der Waals surface area contributed by atoms with Crippen LogP contribution >= 0.6 is 0 Å². The number of allylic oxidation sites excluding steroid dienone is 2. The van der Waals surface area contributed by atoms with Crippen molar-refractivity contribution in [2.75, 3.05) is 6.54 Å². The minimum absolute atomic E-state index is 0.133. The van der Waals surface area contributed by atoms with Crippen LogP contribution in [0.5, 0.6) is 0 Å². The van der Waals surface area contributed by atoms with Gasteiger partial charge in [-0.25, -0.2) is 4.79 Å². The van der Waals surface area contributed by atoms with Gasteiger partial charge in [0.15, 0.2) is 0 Å². The molecule has 2 N–H and O–H groups in total. The second-order valence-corrected chi connectivity index (χ2v) is 7.67. The molecule has 7 heteroatoms. The lowest BCUT2D eigenvalue weighted by Crippen LogP contribution is -2.39. The largest absolute Gasteiger partial charge is 0.350 e. The molecule has 0 saturated carbocycles. The van der Waals surface area contributed by atoms with Gasteiger partial charge in [0, 0.05) is 12.2 Å². The van der Waals surface area contributed by atoms with E-state index in [9.17, 15) is 14.4 Å². The Kier molecular flexibility index (Phi) is 6.31. The molecule has 1 aliphatic rings. The van der Waals surface area contributed by atoms with E-state index in [0.717, 1.165) is 42.5 Å². The molecule has 1 aromatic heterocycles. The molecule has 2 amide bonds. The number of amides is 2. The summed E-state index contributed by atoms with van der Waals surface area (Å²) < 4.78 is 3.19. The summed E-state index contributed by atoms with van der Waals surface area (Å²) in [6, 6.07) is 17.0. The third-order valence-electron chi connectivity index (χ3n) is 5.47. The van der Waals surface area contributed by atoms with Crippen LogP contribution in [0.15, 0.2) is 65.5 Å². The van der Waals surface area contributed by atoms with E-state index < -0.39 is 0 Å². The standard InChI is InChI=1S/C24H26N4O3/c29-22(25-15-18-9-3-1-4-10-18)16-26-23(30)17-27-20-13-7-8-14-21(20)28(24(27)31)19-11-5-2-6-12-19/h1,3-4,7-11,13-14H,2,5-6,12,15-17H2,(H,25,29)(H,26,30). The zero-order valence-corrected chi connectivity index (χ0v) is 17.3. The molecular weight excluding hydrogens is 392 g/mol. The molecule has 0 fully saturated rings. The lowest BCUT2D eigenvalue weighted by atomic mass is 10.0. The topological polar surface area (TPSA) is 85.1 Å². The number of imidazole rings is 1. The van der Waals surface area contributed by atoms with Gasteiger partial charge in [0.05, 0.1) is 17.6 Å². The summed E-state index contributed by atoms with van der Waals surface area (Å²) in [7, 11) is 0. The maximum Gasteiger partial charge on any atom is 0.333 e. The molecule has 1 aliphatic carbocycles. The summed E-state index contributed by atoms with van der Waals surface area (Å²) in [6.07, 6.45) is 6.10. The Labute approximate surface area is 180 Å². The molecule has 4 rings (SSSR count). The first-order valence-electron chi connectivity index (χ1n) is 10.6. The van der Waals surface area contributed by atoms with Crippen LogP contribution in [0.4, 0.5) is 0 Å². The van der Waals surface area contributed by atoms with E-state index in [1.165, 1.54) is 4.57 Å². The molecule has 0 unspecified atom stereocenters. The number of nitrogens with zero attached hydrogens (tertiary/aromatic N) is 2. The summed E-state index contributed by atoms with van der Waals surface area (Å²) >= 11 is 0. The molecule has 0 spiro atoms. The number of carbonyl (C=O) groups is 2. The molecule has 160 valence electrons. The van der Waals surface area contributed by atoms with Gasteiger partial charge in [0.2, 0.25) is 11.8 Å². The van der Waals surface area contributed by atoms with Crippen LogP contribution in [-0.4, -0.2) is 27.5 Å². The fourth-order valence-electron chi connectivity index (χ4n) is 3.90. The molecule has 3 aromatic rings. The van der Waals surface area contributed by atoms with Crippen molar-refractivity contribution < 1.29 is 9.59 Å². The van der Waals surface area contributed by atoms with E-state index in [2.05, 4.69) is 16.7 Å². The van der Waals surface area contributed by atoms with Crippen molar-refractivity contribution >= 4 is 28.5 Å². The van der Waals surface area contributed by atoms with Gasteiger partial charge < -0.3 is 10.6 Å². The number of aromatic nitrogens is 2. The smallest absolute Gasteiger partial charge is 0.333 e. The lowest BCUT2D eigenvalue weighted by molar-refractivity contribution is -0.126. The Hall–Kier alpha value is -3.61. The summed E-state index contributed by atoms with van der Waals surface area (Å²) in [4.78, 5) is 37.7. The van der Waals surface area contributed by atoms with Crippen molar-refractivity contribution in [3.8, 4) is 0 Å². The van der Waals surface area contributed by atoms with E-state index in [1.54, 1.807) is 4.57 Å². The Morgan fingerprint density at radius 3 is 2.35 bits per heavy atom. The van der Waals surface area contributed by atoms with Crippen LogP contribution < -0.4 is 16.3 Å². The Morgan fingerprint density at radius 1 is 0.871 bits per heavy atom. The molecule has 2 aromatic carbocycles. The number of hydrogen-bond acceptors (Lipinski definition) is 3. The van der Waals surface area contributed by atoms with Crippen molar-refractivity contribution in [3.05, 3.63) is 76.7 Å². The first kappa shape index (κ1) is 20.7. The third kappa shape index (κ3) is 4.77. The quantitative estimate of drug-likeness (QED) is 0.619. The van der Waals surface area contributed by atoms with Crippen molar-refractivity contribution in [2.45, 2.75) is 38.8 Å². The number of para-hydroxylation sites is 2. The molecular formula is C24H26N4O3. The number of nitrogens with one attached hydrogen (secondary N) is 2. The fraction of sp³-hybridized carbons (Fsp3) is 0.292. The first-order chi connectivity index (χ1) is 15.1. The fourth-order valence-corrected chi connectivity index (χ4v) is 3.90. The van der Waals surface area contributed by atoms with E-state index in [4.69, 9.17) is 0 Å². The predicted molar refractivity (Wildman–Crippen MR) is 120 cm³/mol. The zero-order valence-electron chi connectivity index (χ0n) is 17.3. The highest BCUT2D eigenvalue weighted by molar-refractivity contribution is 5.86. The minimum atomic E-state index is -0.377. The lowest BCUT2D eigenvalue weighted by Gasteiger charge is -2.13. The molecule has 31 heavy (non-hydrogen) atoms. The second kappa shape index (κ2) is 9.47. The van der Waals surface area contributed by atoms with E-state index >= 15 is 0 Å². The van der Waals surface area contributed by atoms with Crippen LogP contribution in [0.2, 0.25) is 0 Å². The normalized spacial score (nSPS) is 13.6. The van der Waals surface area contributed by atoms with Gasteiger partial charge in [0.1, 0.15) is 6.54 Å². The summed E-state index contributed by atoms with van der Waals surface area (Å²) in [5.74, 6) is -0.656. The first-order valence-corrected chi connectivity index (χ1v) is 10.6. The average molecular weight is 418 g/mol. The van der Waals surface area contributed by atoms with E-state index in [0.29, 0.717) is 12.1 Å². The molecule has 0 atom stereocenters. The van der Waals surface area contributed by atoms with E-state index in [-0.39, 0.29) is 30.6 Å². The Balaban J connectivity index is 1.43. The molecule has 0 aliphatic heterocycles. The number of benzene rings is 2. The van der Waals surface area contributed by atoms with Crippen molar-refractivity contribution in [1.29, 1.82) is 0 Å². The Bertz CT molecular complexity index is 1170. The van der Waals surface area contributed by atoms with Crippen molar-refractivity contribution in [1.82, 2.24) is 19.8 Å². The van der Waals surface area contributed by atoms with E-state index in [1.807, 2.05) is 54.6 Å². The van der Waals surface area contributed by atoms with Gasteiger partial charge in [-0.3, -0.25) is 18.7 Å². The molecule has 0 saturated heterocycles. The predicted octanol–water partition coefficient (Wildman–Crippen LogP) is 2.65. The van der Waals surface area contributed by atoms with Gasteiger partial charge in [-0.1, -0.05) is 48.5 Å². The van der Waals surface area contributed by atoms with Gasteiger partial charge in [0.25, 0.3) is 0 Å². The van der Waals surface area contributed by atoms with Crippen LogP contribution in [0.3, 0.4) is 0 Å². The second-order valence-electron chi connectivity index (χ2n) is 7.67. The van der Waals surface area contributed by atoms with Crippen LogP contribution in [0.25, 0.3) is 16.7 Å². The number of fused-ring (bicyclic) bond motifs is 1. The van der Waals surface area contributed by atoms with Crippen LogP contribution in [-0.2, 0) is 22.7 Å². The molecule has 0 bridgehead atoms. The molecule has 0 radical (unpaired) electrons. The van der Waals surface area contributed by atoms with Crippen molar-refractivity contribution in [3.63, 3.8) is 0 Å². The number of rotatable bonds is 7. The highest BCUT2D eigenvalue weighted by Crippen LogP contribution is 2.24. The van der Waals surface area contributed by atoms with Gasteiger partial charge in [-0.15, -0.1) is 0 Å². The SMILES string of the molecule is O=C(CNC(=O)Cn1c(=O)n(C2=CCCCC2)c2ccccc21)NCc1ccccc1. The molecule has 1 heterocycles.